The Labute approximate surface area is 164 Å². The lowest BCUT2D eigenvalue weighted by Crippen LogP contribution is -2.28. The Balaban J connectivity index is 2.31. The third-order valence-electron chi connectivity index (χ3n) is 4.25. The van der Waals surface area contributed by atoms with Gasteiger partial charge in [-0.3, -0.25) is 4.79 Å². The Morgan fingerprint density at radius 3 is 2.45 bits per heavy atom. The normalized spacial score (nSPS) is 11.0. The molecule has 1 aromatic heterocycles. The number of hydrogen-bond donors (Lipinski definition) is 0. The van der Waals surface area contributed by atoms with Gasteiger partial charge in [0.15, 0.2) is 0 Å². The number of alkyl halides is 3. The van der Waals surface area contributed by atoms with Crippen LogP contribution in [0.5, 0.6) is 5.75 Å². The van der Waals surface area contributed by atoms with E-state index in [1.165, 1.54) is 18.4 Å². The molecule has 0 aliphatic heterocycles. The number of rotatable bonds is 5. The summed E-state index contributed by atoms with van der Waals surface area (Å²) in [4.78, 5) is 12.9. The first-order valence-electron chi connectivity index (χ1n) is 8.52. The number of aromatic nitrogens is 1. The quantitative estimate of drug-likeness (QED) is 0.572. The second kappa shape index (κ2) is 8.07. The van der Waals surface area contributed by atoms with E-state index in [-0.39, 0.29) is 12.2 Å². The number of nitrogens with zero attached hydrogens (tertiary/aromatic N) is 2. The monoisotopic (exact) mass is 396 g/mol. The predicted molar refractivity (Wildman–Crippen MR) is 102 cm³/mol. The van der Waals surface area contributed by atoms with Crippen molar-refractivity contribution in [3.8, 4) is 23.1 Å². The Bertz CT molecular complexity index is 1140. The van der Waals surface area contributed by atoms with Gasteiger partial charge in [0.1, 0.15) is 17.4 Å². The molecule has 0 saturated heterocycles. The summed E-state index contributed by atoms with van der Waals surface area (Å²) in [6, 6.07) is 17.3. The van der Waals surface area contributed by atoms with Gasteiger partial charge in [0, 0.05) is 5.56 Å². The summed E-state index contributed by atoms with van der Waals surface area (Å²) in [6.45, 7) is 3.46. The lowest BCUT2D eigenvalue weighted by atomic mass is 10.0. The second-order valence-electron chi connectivity index (χ2n) is 6.12. The van der Waals surface area contributed by atoms with Crippen LogP contribution in [0.1, 0.15) is 16.7 Å². The number of benzene rings is 2. The van der Waals surface area contributed by atoms with Crippen LogP contribution >= 0.6 is 0 Å². The van der Waals surface area contributed by atoms with E-state index in [1.54, 1.807) is 48.5 Å². The molecule has 0 fully saturated rings. The number of halogens is 3. The first kappa shape index (κ1) is 20.0. The highest BCUT2D eigenvalue weighted by molar-refractivity contribution is 5.64. The van der Waals surface area contributed by atoms with Crippen LogP contribution in [-0.4, -0.2) is 4.57 Å². The molecule has 0 aliphatic rings. The zero-order valence-electron chi connectivity index (χ0n) is 15.1. The summed E-state index contributed by atoms with van der Waals surface area (Å²) < 4.78 is 47.0. The van der Waals surface area contributed by atoms with Gasteiger partial charge in [0.05, 0.1) is 24.1 Å². The average Bonchev–Trinajstić information content (AvgIpc) is 2.69. The summed E-state index contributed by atoms with van der Waals surface area (Å²) in [5.74, 6) is 0.356. The minimum atomic E-state index is -4.85. The molecule has 2 aromatic carbocycles. The maximum atomic E-state index is 13.5. The molecule has 3 rings (SSSR count). The van der Waals surface area contributed by atoms with E-state index in [9.17, 15) is 23.2 Å². The molecule has 0 amide bonds. The van der Waals surface area contributed by atoms with E-state index in [0.717, 1.165) is 10.6 Å². The Morgan fingerprint density at radius 2 is 1.83 bits per heavy atom. The molecule has 0 aliphatic carbocycles. The Hall–Kier alpha value is -3.79. The van der Waals surface area contributed by atoms with Crippen molar-refractivity contribution < 1.29 is 17.9 Å². The van der Waals surface area contributed by atoms with Gasteiger partial charge in [0.25, 0.3) is 5.56 Å². The Morgan fingerprint density at radius 1 is 1.10 bits per heavy atom. The zero-order chi connectivity index (χ0) is 21.0. The van der Waals surface area contributed by atoms with Crippen molar-refractivity contribution in [2.24, 2.45) is 0 Å². The predicted octanol–water partition coefficient (Wildman–Crippen LogP) is 4.98. The molecule has 0 spiro atoms. The molecule has 29 heavy (non-hydrogen) atoms. The summed E-state index contributed by atoms with van der Waals surface area (Å²) in [6.07, 6.45) is -3.66. The van der Waals surface area contributed by atoms with Crippen molar-refractivity contribution >= 4 is 0 Å². The standard InChI is InChI=1S/C22H15F3N2O2/c1-2-29-17-10-6-9-16(11-17)20-12-19(22(23,24)25)18(13-26)21(28)27(20)14-15-7-4-3-5-8-15/h2-12H,1,14H2. The number of hydrogen-bond acceptors (Lipinski definition) is 3. The maximum Gasteiger partial charge on any atom is 0.417 e. The zero-order valence-corrected chi connectivity index (χ0v) is 15.1. The van der Waals surface area contributed by atoms with Crippen molar-refractivity contribution in [2.75, 3.05) is 0 Å². The van der Waals surface area contributed by atoms with E-state index >= 15 is 0 Å². The molecule has 4 nitrogen and oxygen atoms in total. The van der Waals surface area contributed by atoms with Crippen LogP contribution in [0.2, 0.25) is 0 Å². The minimum Gasteiger partial charge on any atom is -0.466 e. The lowest BCUT2D eigenvalue weighted by molar-refractivity contribution is -0.137. The third kappa shape index (κ3) is 4.22. The summed E-state index contributed by atoms with van der Waals surface area (Å²) >= 11 is 0. The van der Waals surface area contributed by atoms with E-state index < -0.39 is 22.9 Å². The first-order chi connectivity index (χ1) is 13.8. The summed E-state index contributed by atoms with van der Waals surface area (Å²) in [5.41, 5.74) is -2.13. The molecule has 3 aromatic rings. The molecular weight excluding hydrogens is 381 g/mol. The average molecular weight is 396 g/mol. The van der Waals surface area contributed by atoms with Gasteiger partial charge in [0.2, 0.25) is 0 Å². The van der Waals surface area contributed by atoms with E-state index in [0.29, 0.717) is 16.9 Å². The molecule has 146 valence electrons. The highest BCUT2D eigenvalue weighted by Gasteiger charge is 2.36. The van der Waals surface area contributed by atoms with E-state index in [4.69, 9.17) is 4.74 Å². The van der Waals surface area contributed by atoms with Crippen molar-refractivity contribution in [1.29, 1.82) is 5.26 Å². The van der Waals surface area contributed by atoms with Crippen molar-refractivity contribution in [3.05, 3.63) is 101 Å². The smallest absolute Gasteiger partial charge is 0.417 e. The van der Waals surface area contributed by atoms with Crippen LogP contribution < -0.4 is 10.3 Å². The third-order valence-corrected chi connectivity index (χ3v) is 4.25. The molecule has 0 radical (unpaired) electrons. The molecule has 7 heteroatoms. The molecule has 0 unspecified atom stereocenters. The van der Waals surface area contributed by atoms with Gasteiger partial charge >= 0.3 is 6.18 Å². The highest BCUT2D eigenvalue weighted by Crippen LogP contribution is 2.34. The van der Waals surface area contributed by atoms with Crippen LogP contribution in [0.3, 0.4) is 0 Å². The molecule has 0 saturated carbocycles. The van der Waals surface area contributed by atoms with Gasteiger partial charge in [-0.15, -0.1) is 0 Å². The van der Waals surface area contributed by atoms with Crippen LogP contribution in [0, 0.1) is 11.3 Å². The van der Waals surface area contributed by atoms with Crippen molar-refractivity contribution in [2.45, 2.75) is 12.7 Å². The molecule has 0 N–H and O–H groups in total. The molecule has 1 heterocycles. The van der Waals surface area contributed by atoms with Crippen LogP contribution in [0.4, 0.5) is 13.2 Å². The van der Waals surface area contributed by atoms with Gasteiger partial charge in [-0.2, -0.15) is 18.4 Å². The molecular formula is C22H15F3N2O2. The number of ether oxygens (including phenoxy) is 1. The topological polar surface area (TPSA) is 55.0 Å². The SMILES string of the molecule is C=COc1cccc(-c2cc(C(F)(F)F)c(C#N)c(=O)n2Cc2ccccc2)c1. The van der Waals surface area contributed by atoms with Gasteiger partial charge in [-0.1, -0.05) is 49.0 Å². The molecule has 0 bridgehead atoms. The lowest BCUT2D eigenvalue weighted by Gasteiger charge is -2.18. The van der Waals surface area contributed by atoms with E-state index in [2.05, 4.69) is 6.58 Å². The van der Waals surface area contributed by atoms with Crippen LogP contribution in [0.25, 0.3) is 11.3 Å². The fraction of sp³-hybridized carbons (Fsp3) is 0.0909. The summed E-state index contributed by atoms with van der Waals surface area (Å²) in [5, 5.41) is 9.23. The van der Waals surface area contributed by atoms with Crippen LogP contribution in [-0.2, 0) is 12.7 Å². The van der Waals surface area contributed by atoms with Gasteiger partial charge in [-0.25, -0.2) is 0 Å². The summed E-state index contributed by atoms with van der Waals surface area (Å²) in [7, 11) is 0. The minimum absolute atomic E-state index is 0.00830. The maximum absolute atomic E-state index is 13.5. The van der Waals surface area contributed by atoms with Crippen molar-refractivity contribution in [3.63, 3.8) is 0 Å². The highest BCUT2D eigenvalue weighted by atomic mass is 19.4. The van der Waals surface area contributed by atoms with Crippen LogP contribution in [0.15, 0.2) is 78.3 Å². The second-order valence-corrected chi connectivity index (χ2v) is 6.12. The Kier molecular flexibility index (Phi) is 5.55. The van der Waals surface area contributed by atoms with Crippen molar-refractivity contribution in [1.82, 2.24) is 4.57 Å². The number of nitriles is 1. The fourth-order valence-electron chi connectivity index (χ4n) is 2.97. The largest absolute Gasteiger partial charge is 0.466 e. The molecule has 0 atom stereocenters. The fourth-order valence-corrected chi connectivity index (χ4v) is 2.97. The van der Waals surface area contributed by atoms with E-state index in [1.807, 2.05) is 0 Å². The van der Waals surface area contributed by atoms with Gasteiger partial charge in [-0.05, 0) is 23.8 Å². The number of pyridine rings is 1. The van der Waals surface area contributed by atoms with Gasteiger partial charge < -0.3 is 9.30 Å². The first-order valence-corrected chi connectivity index (χ1v) is 8.52.